The van der Waals surface area contributed by atoms with Crippen LogP contribution in [0.1, 0.15) is 47.8 Å². The van der Waals surface area contributed by atoms with E-state index in [0.29, 0.717) is 23.3 Å². The van der Waals surface area contributed by atoms with E-state index in [2.05, 4.69) is 238 Å². The lowest BCUT2D eigenvalue weighted by Crippen LogP contribution is -2.33. The smallest absolute Gasteiger partial charge is 0.164 e. The molecule has 0 amide bonds. The zero-order chi connectivity index (χ0) is 44.9. The van der Waals surface area contributed by atoms with Crippen LogP contribution in [0.3, 0.4) is 0 Å². The summed E-state index contributed by atoms with van der Waals surface area (Å²) in [5.41, 5.74) is 7.91. The van der Waals surface area contributed by atoms with Crippen molar-refractivity contribution < 1.29 is 0 Å². The zero-order valence-corrected chi connectivity index (χ0v) is 37.1. The standard InChI is InChI=1S/C61H44N6/c1-61(2,53-31-27-43(28-32-53)55-62-57(49-23-19-39-11-3-7-15-45(39)35-49)66-58(63-55)50-24-20-40-12-4-8-16-46(40)36-50)54-33-29-44(30-34-54)56-64-59(51-25-21-41-13-5-9-17-47(41)37-51)67-60(65-56)52-26-22-42-14-6-10-18-48(42)38-52/h3-38,57H,1-2H3,(H,62,63,66). The van der Waals surface area contributed by atoms with E-state index in [1.165, 1.54) is 43.4 Å². The van der Waals surface area contributed by atoms with Gasteiger partial charge in [0.2, 0.25) is 0 Å². The summed E-state index contributed by atoms with van der Waals surface area (Å²) in [6.45, 7) is 4.53. The van der Waals surface area contributed by atoms with Crippen LogP contribution in [0, 0.1) is 0 Å². The first kappa shape index (κ1) is 39.9. The molecule has 1 N–H and O–H groups in total. The van der Waals surface area contributed by atoms with Crippen molar-refractivity contribution >= 4 is 54.8 Å². The average Bonchev–Trinajstić information content (AvgIpc) is 3.40. The van der Waals surface area contributed by atoms with E-state index in [1.807, 2.05) is 0 Å². The van der Waals surface area contributed by atoms with Crippen molar-refractivity contribution in [2.45, 2.75) is 25.4 Å². The van der Waals surface area contributed by atoms with Crippen LogP contribution in [0.25, 0.3) is 77.3 Å². The minimum atomic E-state index is -0.315. The van der Waals surface area contributed by atoms with E-state index in [9.17, 15) is 0 Å². The number of fused-ring (bicyclic) bond motifs is 4. The molecule has 2 heterocycles. The number of hydrogen-bond acceptors (Lipinski definition) is 6. The molecule has 318 valence electrons. The third-order valence-electron chi connectivity index (χ3n) is 13.2. The molecule has 6 nitrogen and oxygen atoms in total. The second-order valence-corrected chi connectivity index (χ2v) is 17.8. The number of aromatic nitrogens is 3. The van der Waals surface area contributed by atoms with Gasteiger partial charge in [0.1, 0.15) is 12.0 Å². The lowest BCUT2D eigenvalue weighted by atomic mass is 9.77. The topological polar surface area (TPSA) is 75.4 Å². The Morgan fingerprint density at radius 3 is 1.22 bits per heavy atom. The molecule has 0 aliphatic carbocycles. The number of amidine groups is 2. The molecule has 0 radical (unpaired) electrons. The molecule has 67 heavy (non-hydrogen) atoms. The van der Waals surface area contributed by atoms with E-state index in [4.69, 9.17) is 24.9 Å². The molecule has 12 rings (SSSR count). The lowest BCUT2D eigenvalue weighted by Gasteiger charge is -2.27. The number of rotatable bonds is 8. The molecule has 0 saturated heterocycles. The predicted molar refractivity (Wildman–Crippen MR) is 277 cm³/mol. The predicted octanol–water partition coefficient (Wildman–Crippen LogP) is 14.3. The number of aliphatic imine (C=N–C) groups is 2. The van der Waals surface area contributed by atoms with Crippen LogP contribution in [0.15, 0.2) is 228 Å². The van der Waals surface area contributed by atoms with Gasteiger partial charge in [0.15, 0.2) is 23.3 Å². The highest BCUT2D eigenvalue weighted by atomic mass is 15.2. The highest BCUT2D eigenvalue weighted by molar-refractivity contribution is 6.14. The van der Waals surface area contributed by atoms with Gasteiger partial charge in [0.05, 0.1) is 0 Å². The molecule has 0 saturated carbocycles. The molecule has 11 aromatic rings. The Hall–Kier alpha value is -8.61. The van der Waals surface area contributed by atoms with Gasteiger partial charge >= 0.3 is 0 Å². The molecule has 1 unspecified atom stereocenters. The highest BCUT2D eigenvalue weighted by Gasteiger charge is 2.26. The van der Waals surface area contributed by atoms with E-state index in [0.717, 1.165) is 50.0 Å². The Labute approximate surface area is 389 Å². The van der Waals surface area contributed by atoms with Gasteiger partial charge in [-0.15, -0.1) is 0 Å². The van der Waals surface area contributed by atoms with Crippen LogP contribution in [0.2, 0.25) is 0 Å². The fourth-order valence-corrected chi connectivity index (χ4v) is 9.27. The summed E-state index contributed by atoms with van der Waals surface area (Å²) in [4.78, 5) is 25.7. The molecule has 0 fully saturated rings. The van der Waals surface area contributed by atoms with Crippen LogP contribution >= 0.6 is 0 Å². The molecule has 1 aliphatic rings. The maximum Gasteiger partial charge on any atom is 0.164 e. The summed E-state index contributed by atoms with van der Waals surface area (Å²) >= 11 is 0. The Morgan fingerprint density at radius 1 is 0.358 bits per heavy atom. The number of nitrogens with zero attached hydrogens (tertiary/aromatic N) is 5. The number of nitrogens with one attached hydrogen (secondary N) is 1. The first-order chi connectivity index (χ1) is 32.9. The van der Waals surface area contributed by atoms with Gasteiger partial charge in [-0.2, -0.15) is 0 Å². The molecule has 1 atom stereocenters. The van der Waals surface area contributed by atoms with E-state index < -0.39 is 0 Å². The summed E-state index contributed by atoms with van der Waals surface area (Å²) in [5, 5.41) is 13.0. The van der Waals surface area contributed by atoms with Crippen molar-refractivity contribution in [1.82, 2.24) is 20.3 Å². The first-order valence-corrected chi connectivity index (χ1v) is 22.8. The van der Waals surface area contributed by atoms with Crippen LogP contribution in [0.4, 0.5) is 0 Å². The largest absolute Gasteiger partial charge is 0.344 e. The van der Waals surface area contributed by atoms with Gasteiger partial charge in [-0.05, 0) is 84.0 Å². The first-order valence-electron chi connectivity index (χ1n) is 22.8. The zero-order valence-electron chi connectivity index (χ0n) is 37.1. The Balaban J connectivity index is 0.870. The number of benzene rings is 10. The van der Waals surface area contributed by atoms with E-state index >= 15 is 0 Å². The maximum atomic E-state index is 5.23. The van der Waals surface area contributed by atoms with Gasteiger partial charge in [0, 0.05) is 33.2 Å². The minimum Gasteiger partial charge on any atom is -0.344 e. The lowest BCUT2D eigenvalue weighted by molar-refractivity contribution is 0.641. The second kappa shape index (κ2) is 16.4. The molecular formula is C61H44N6. The van der Waals surface area contributed by atoms with Crippen molar-refractivity contribution in [3.63, 3.8) is 0 Å². The van der Waals surface area contributed by atoms with Gasteiger partial charge in [-0.25, -0.2) is 24.9 Å². The molecule has 10 aromatic carbocycles. The third kappa shape index (κ3) is 7.68. The van der Waals surface area contributed by atoms with Crippen molar-refractivity contribution in [2.75, 3.05) is 0 Å². The summed E-state index contributed by atoms with van der Waals surface area (Å²) in [6.07, 6.45) is -0.315. The second-order valence-electron chi connectivity index (χ2n) is 17.8. The molecule has 6 heteroatoms. The molecule has 1 aliphatic heterocycles. The minimum absolute atomic E-state index is 0.314. The van der Waals surface area contributed by atoms with E-state index in [1.54, 1.807) is 0 Å². The Kier molecular flexibility index (Phi) is 9.79. The summed E-state index contributed by atoms with van der Waals surface area (Å²) < 4.78 is 0. The van der Waals surface area contributed by atoms with Crippen molar-refractivity contribution in [2.24, 2.45) is 9.98 Å². The third-order valence-corrected chi connectivity index (χ3v) is 13.2. The Morgan fingerprint density at radius 2 is 0.731 bits per heavy atom. The van der Waals surface area contributed by atoms with Gasteiger partial charge in [-0.1, -0.05) is 208 Å². The van der Waals surface area contributed by atoms with Crippen LogP contribution in [0.5, 0.6) is 0 Å². The van der Waals surface area contributed by atoms with Crippen LogP contribution in [-0.4, -0.2) is 26.6 Å². The van der Waals surface area contributed by atoms with Crippen molar-refractivity contribution in [3.8, 4) is 34.2 Å². The fourth-order valence-electron chi connectivity index (χ4n) is 9.27. The molecule has 0 spiro atoms. The normalized spacial score (nSPS) is 14.0. The maximum absolute atomic E-state index is 5.23. The quantitative estimate of drug-likeness (QED) is 0.165. The summed E-state index contributed by atoms with van der Waals surface area (Å²) in [7, 11) is 0. The molecule has 0 bridgehead atoms. The molecular weight excluding hydrogens is 817 g/mol. The Bertz CT molecular complexity index is 3660. The SMILES string of the molecule is CC(C)(c1ccc(C2=NC(c3ccc4ccccc4c3)NC(c3ccc4ccccc4c3)=N2)cc1)c1ccc(-c2nc(-c3ccc4ccccc4c3)nc(-c3ccc4ccccc4c3)n2)cc1. The van der Waals surface area contributed by atoms with Crippen molar-refractivity contribution in [3.05, 3.63) is 246 Å². The van der Waals surface area contributed by atoms with Crippen LogP contribution in [-0.2, 0) is 5.41 Å². The van der Waals surface area contributed by atoms with Crippen LogP contribution < -0.4 is 5.32 Å². The van der Waals surface area contributed by atoms with Gasteiger partial charge < -0.3 is 5.32 Å². The summed E-state index contributed by atoms with van der Waals surface area (Å²) in [5.74, 6) is 3.39. The van der Waals surface area contributed by atoms with E-state index in [-0.39, 0.29) is 11.6 Å². The average molecular weight is 861 g/mol. The van der Waals surface area contributed by atoms with Gasteiger partial charge in [-0.3, -0.25) is 0 Å². The van der Waals surface area contributed by atoms with Crippen molar-refractivity contribution in [1.29, 1.82) is 0 Å². The fraction of sp³-hybridized carbons (Fsp3) is 0.0656. The van der Waals surface area contributed by atoms with Gasteiger partial charge in [0.25, 0.3) is 0 Å². The molecule has 1 aromatic heterocycles. The monoisotopic (exact) mass is 860 g/mol. The number of hydrogen-bond donors (Lipinski definition) is 1. The summed E-state index contributed by atoms with van der Waals surface area (Å²) in [6, 6.07) is 76.8. The highest BCUT2D eigenvalue weighted by Crippen LogP contribution is 2.35.